The minimum atomic E-state index is -3.72. The van der Waals surface area contributed by atoms with Gasteiger partial charge < -0.3 is 19.9 Å². The molecule has 1 saturated heterocycles. The predicted molar refractivity (Wildman–Crippen MR) is 161 cm³/mol. The van der Waals surface area contributed by atoms with Gasteiger partial charge in [0.25, 0.3) is 0 Å². The molecule has 2 heterocycles. The number of amides is 1. The first-order chi connectivity index (χ1) is 19.2. The van der Waals surface area contributed by atoms with E-state index in [-0.39, 0.29) is 23.8 Å². The molecule has 1 amide bonds. The standard InChI is InChI=1S/C28H35N5O4S.C2H6/c1-22-21-26(37-4)9-10-27(22)38(35,36)31(3)16-13-28(34)29-23-5-7-24(8-6-23)32-17-19-33(20-18-32)25-11-14-30(2)15-12-25;1-2/h5-12,14-15,21H,13,16-20H2,1-4H3;1-2H3/p+1. The van der Waals surface area contributed by atoms with Crippen LogP contribution < -0.4 is 24.4 Å². The van der Waals surface area contributed by atoms with E-state index in [1.54, 1.807) is 19.1 Å². The summed E-state index contributed by atoms with van der Waals surface area (Å²) in [6.07, 6.45) is 4.17. The van der Waals surface area contributed by atoms with Crippen LogP contribution in [0.15, 0.2) is 71.9 Å². The predicted octanol–water partition coefficient (Wildman–Crippen LogP) is 3.83. The number of piperazine rings is 1. The fourth-order valence-corrected chi connectivity index (χ4v) is 5.86. The Kier molecular flexibility index (Phi) is 10.9. The zero-order chi connectivity index (χ0) is 29.3. The van der Waals surface area contributed by atoms with Crippen molar-refractivity contribution in [3.63, 3.8) is 0 Å². The molecule has 4 rings (SSSR count). The Labute approximate surface area is 239 Å². The first-order valence-corrected chi connectivity index (χ1v) is 15.1. The van der Waals surface area contributed by atoms with Crippen molar-refractivity contribution in [2.45, 2.75) is 32.1 Å². The van der Waals surface area contributed by atoms with Crippen LogP contribution in [0.2, 0.25) is 0 Å². The van der Waals surface area contributed by atoms with Gasteiger partial charge in [0.2, 0.25) is 15.9 Å². The van der Waals surface area contributed by atoms with Gasteiger partial charge in [-0.25, -0.2) is 17.3 Å². The molecule has 0 unspecified atom stereocenters. The van der Waals surface area contributed by atoms with Crippen molar-refractivity contribution >= 4 is 33.0 Å². The highest BCUT2D eigenvalue weighted by atomic mass is 32.2. The Balaban J connectivity index is 0.00000216. The van der Waals surface area contributed by atoms with Crippen molar-refractivity contribution in [2.24, 2.45) is 7.05 Å². The summed E-state index contributed by atoms with van der Waals surface area (Å²) in [5, 5.41) is 2.87. The van der Waals surface area contributed by atoms with Gasteiger partial charge in [0, 0.05) is 75.4 Å². The minimum Gasteiger partial charge on any atom is -0.497 e. The highest BCUT2D eigenvalue weighted by molar-refractivity contribution is 7.89. The maximum Gasteiger partial charge on any atom is 0.243 e. The topological polar surface area (TPSA) is 86.1 Å². The van der Waals surface area contributed by atoms with Crippen LogP contribution >= 0.6 is 0 Å². The molecule has 0 saturated carbocycles. The summed E-state index contributed by atoms with van der Waals surface area (Å²) >= 11 is 0. The van der Waals surface area contributed by atoms with E-state index in [0.29, 0.717) is 17.0 Å². The van der Waals surface area contributed by atoms with Crippen LogP contribution in [0.4, 0.5) is 17.1 Å². The van der Waals surface area contributed by atoms with E-state index < -0.39 is 10.0 Å². The lowest BCUT2D eigenvalue weighted by molar-refractivity contribution is -0.671. The van der Waals surface area contributed by atoms with Gasteiger partial charge in [0.1, 0.15) is 12.8 Å². The quantitative estimate of drug-likeness (QED) is 0.395. The number of benzene rings is 2. The molecule has 3 aromatic rings. The third-order valence-corrected chi connectivity index (χ3v) is 8.86. The second-order valence-electron chi connectivity index (χ2n) is 9.50. The highest BCUT2D eigenvalue weighted by Crippen LogP contribution is 2.24. The molecule has 2 aromatic carbocycles. The number of hydrogen-bond donors (Lipinski definition) is 1. The number of carbonyl (C=O) groups excluding carboxylic acids is 1. The van der Waals surface area contributed by atoms with Gasteiger partial charge in [-0.15, -0.1) is 0 Å². The summed E-state index contributed by atoms with van der Waals surface area (Å²) in [5.74, 6) is 0.356. The molecule has 40 heavy (non-hydrogen) atoms. The smallest absolute Gasteiger partial charge is 0.243 e. The second-order valence-corrected chi connectivity index (χ2v) is 11.5. The molecule has 1 aromatic heterocycles. The highest BCUT2D eigenvalue weighted by Gasteiger charge is 2.24. The maximum atomic E-state index is 13.0. The molecule has 1 aliphatic rings. The van der Waals surface area contributed by atoms with Crippen LogP contribution in [0.25, 0.3) is 0 Å². The lowest BCUT2D eigenvalue weighted by atomic mass is 10.2. The average Bonchev–Trinajstić information content (AvgIpc) is 2.97. The lowest BCUT2D eigenvalue weighted by Gasteiger charge is -2.37. The Morgan fingerprint density at radius 2 is 1.50 bits per heavy atom. The molecule has 1 aliphatic heterocycles. The number of nitrogens with one attached hydrogen (secondary N) is 1. The lowest BCUT2D eigenvalue weighted by Crippen LogP contribution is -2.46. The third-order valence-electron chi connectivity index (χ3n) is 6.85. The summed E-state index contributed by atoms with van der Waals surface area (Å²) in [6, 6.07) is 16.9. The summed E-state index contributed by atoms with van der Waals surface area (Å²) < 4.78 is 34.3. The van der Waals surface area contributed by atoms with Gasteiger partial charge >= 0.3 is 0 Å². The number of pyridine rings is 1. The maximum absolute atomic E-state index is 13.0. The summed E-state index contributed by atoms with van der Waals surface area (Å²) in [7, 11) is 1.32. The van der Waals surface area contributed by atoms with Crippen molar-refractivity contribution in [1.29, 1.82) is 0 Å². The largest absolute Gasteiger partial charge is 0.497 e. The first kappa shape index (κ1) is 30.9. The Morgan fingerprint density at radius 3 is 2.02 bits per heavy atom. The van der Waals surface area contributed by atoms with E-state index in [2.05, 4.69) is 39.6 Å². The zero-order valence-corrected chi connectivity index (χ0v) is 25.2. The van der Waals surface area contributed by atoms with Gasteiger partial charge in [-0.3, -0.25) is 4.79 Å². The number of anilines is 3. The van der Waals surface area contributed by atoms with Crippen molar-refractivity contribution < 1.29 is 22.5 Å². The van der Waals surface area contributed by atoms with Gasteiger partial charge in [-0.1, -0.05) is 13.8 Å². The molecule has 0 radical (unpaired) electrons. The second kappa shape index (κ2) is 14.1. The monoisotopic (exact) mass is 568 g/mol. The summed E-state index contributed by atoms with van der Waals surface area (Å²) in [5.41, 5.74) is 3.63. The van der Waals surface area contributed by atoms with Gasteiger partial charge in [0.15, 0.2) is 12.4 Å². The number of rotatable bonds is 9. The number of methoxy groups -OCH3 is 1. The van der Waals surface area contributed by atoms with Crippen molar-refractivity contribution in [3.05, 3.63) is 72.6 Å². The normalized spacial score (nSPS) is 13.5. The van der Waals surface area contributed by atoms with E-state index in [4.69, 9.17) is 4.74 Å². The van der Waals surface area contributed by atoms with E-state index in [1.807, 2.05) is 49.7 Å². The molecule has 0 spiro atoms. The first-order valence-electron chi connectivity index (χ1n) is 13.6. The molecule has 0 aliphatic carbocycles. The van der Waals surface area contributed by atoms with E-state index in [1.165, 1.54) is 30.2 Å². The molecule has 216 valence electrons. The zero-order valence-electron chi connectivity index (χ0n) is 24.4. The number of sulfonamides is 1. The summed E-state index contributed by atoms with van der Waals surface area (Å²) in [6.45, 7) is 9.52. The molecule has 1 fully saturated rings. The van der Waals surface area contributed by atoms with Crippen LogP contribution in [-0.4, -0.2) is 65.5 Å². The fourth-order valence-electron chi connectivity index (χ4n) is 4.49. The van der Waals surface area contributed by atoms with Crippen LogP contribution in [-0.2, 0) is 21.9 Å². The van der Waals surface area contributed by atoms with Crippen molar-refractivity contribution in [2.75, 3.05) is 62.0 Å². The third kappa shape index (κ3) is 7.73. The summed E-state index contributed by atoms with van der Waals surface area (Å²) in [4.78, 5) is 17.5. The molecule has 10 heteroatoms. The Morgan fingerprint density at radius 1 is 0.950 bits per heavy atom. The van der Waals surface area contributed by atoms with Crippen molar-refractivity contribution in [3.8, 4) is 5.75 Å². The van der Waals surface area contributed by atoms with Crippen LogP contribution in [0.5, 0.6) is 5.75 Å². The molecule has 0 bridgehead atoms. The molecule has 1 N–H and O–H groups in total. The Bertz CT molecular complexity index is 1350. The number of hydrogen-bond acceptors (Lipinski definition) is 6. The Hall–Kier alpha value is -3.63. The number of carbonyl (C=O) groups is 1. The molecular formula is C30H42N5O4S+. The molecule has 0 atom stereocenters. The van der Waals surface area contributed by atoms with Gasteiger partial charge in [-0.2, -0.15) is 0 Å². The van der Waals surface area contributed by atoms with Gasteiger partial charge in [0.05, 0.1) is 12.0 Å². The number of nitrogens with zero attached hydrogens (tertiary/aromatic N) is 4. The van der Waals surface area contributed by atoms with E-state index >= 15 is 0 Å². The van der Waals surface area contributed by atoms with E-state index in [0.717, 1.165) is 31.9 Å². The minimum absolute atomic E-state index is 0.0478. The number of aromatic nitrogens is 1. The van der Waals surface area contributed by atoms with Crippen LogP contribution in [0.1, 0.15) is 25.8 Å². The van der Waals surface area contributed by atoms with Crippen LogP contribution in [0.3, 0.4) is 0 Å². The number of ether oxygens (including phenoxy) is 1. The van der Waals surface area contributed by atoms with Gasteiger partial charge in [-0.05, 0) is 55.0 Å². The van der Waals surface area contributed by atoms with Crippen LogP contribution in [0, 0.1) is 6.92 Å². The SMILES string of the molecule is CC.COc1ccc(S(=O)(=O)N(C)CCC(=O)Nc2ccc(N3CCN(c4cc[n+](C)cc4)CC3)cc2)c(C)c1. The fraction of sp³-hybridized carbons (Fsp3) is 0.400. The average molecular weight is 569 g/mol. The van der Waals surface area contributed by atoms with Crippen molar-refractivity contribution in [1.82, 2.24) is 4.31 Å². The number of aryl methyl sites for hydroxylation is 2. The molecule has 9 nitrogen and oxygen atoms in total. The molecular weight excluding hydrogens is 526 g/mol. The van der Waals surface area contributed by atoms with E-state index in [9.17, 15) is 13.2 Å².